The minimum Gasteiger partial charge on any atom is -0.355 e. The molecule has 1 aromatic carbocycles. The summed E-state index contributed by atoms with van der Waals surface area (Å²) in [5, 5.41) is 7.02. The highest BCUT2D eigenvalue weighted by Gasteiger charge is 2.07. The Labute approximate surface area is 157 Å². The molecule has 0 spiro atoms. The first kappa shape index (κ1) is 16.9. The first-order valence-corrected chi connectivity index (χ1v) is 9.97. The summed E-state index contributed by atoms with van der Waals surface area (Å²) in [6, 6.07) is 8.00. The molecule has 0 saturated carbocycles. The summed E-state index contributed by atoms with van der Waals surface area (Å²) in [6.45, 7) is 0.634. The maximum Gasteiger partial charge on any atom is 0.252 e. The molecular formula is C17H16N6OS2. The Balaban J connectivity index is 1.20. The van der Waals surface area contributed by atoms with E-state index in [0.29, 0.717) is 18.1 Å². The average Bonchev–Trinajstić information content (AvgIpc) is 3.29. The Bertz CT molecular complexity index is 1010. The maximum absolute atomic E-state index is 12.0. The van der Waals surface area contributed by atoms with Gasteiger partial charge in [-0.2, -0.15) is 10.1 Å². The molecule has 132 valence electrons. The van der Waals surface area contributed by atoms with Crippen molar-refractivity contribution >= 4 is 45.0 Å². The highest BCUT2D eigenvalue weighted by Crippen LogP contribution is 2.28. The summed E-state index contributed by atoms with van der Waals surface area (Å²) in [4.78, 5) is 24.8. The Kier molecular flexibility index (Phi) is 5.07. The minimum absolute atomic E-state index is 0.0270. The fourth-order valence-electron chi connectivity index (χ4n) is 2.50. The molecule has 9 heteroatoms. The molecule has 3 aromatic heterocycles. The van der Waals surface area contributed by atoms with Crippen molar-refractivity contribution in [1.82, 2.24) is 29.9 Å². The summed E-state index contributed by atoms with van der Waals surface area (Å²) in [5.74, 6) is 1.000. The van der Waals surface area contributed by atoms with Gasteiger partial charge in [-0.3, -0.25) is 4.79 Å². The van der Waals surface area contributed by atoms with Gasteiger partial charge in [0, 0.05) is 18.9 Å². The zero-order valence-corrected chi connectivity index (χ0v) is 15.5. The number of hydrogen-bond donors (Lipinski definition) is 1. The lowest BCUT2D eigenvalue weighted by atomic mass is 10.2. The van der Waals surface area contributed by atoms with Crippen LogP contribution in [0.5, 0.6) is 0 Å². The zero-order chi connectivity index (χ0) is 17.8. The summed E-state index contributed by atoms with van der Waals surface area (Å²) in [6.07, 6.45) is 6.87. The van der Waals surface area contributed by atoms with Crippen LogP contribution in [0.4, 0.5) is 0 Å². The number of aromatic nitrogens is 5. The van der Waals surface area contributed by atoms with E-state index in [1.54, 1.807) is 22.0 Å². The molecule has 0 unspecified atom stereocenters. The van der Waals surface area contributed by atoms with Crippen molar-refractivity contribution in [1.29, 1.82) is 0 Å². The Morgan fingerprint density at radius 1 is 1.27 bits per heavy atom. The van der Waals surface area contributed by atoms with E-state index in [9.17, 15) is 4.79 Å². The number of nitrogens with one attached hydrogen (secondary N) is 1. The molecular weight excluding hydrogens is 368 g/mol. The van der Waals surface area contributed by atoms with Crippen molar-refractivity contribution < 1.29 is 4.79 Å². The summed E-state index contributed by atoms with van der Waals surface area (Å²) in [5.41, 5.74) is 2.06. The second kappa shape index (κ2) is 7.79. The Hall–Kier alpha value is -2.52. The lowest BCUT2D eigenvalue weighted by molar-refractivity contribution is -0.118. The van der Waals surface area contributed by atoms with Gasteiger partial charge in [0.2, 0.25) is 5.91 Å². The number of aryl methyl sites for hydroxylation is 1. The third kappa shape index (κ3) is 4.00. The van der Waals surface area contributed by atoms with E-state index in [2.05, 4.69) is 25.4 Å². The van der Waals surface area contributed by atoms with E-state index >= 15 is 0 Å². The fourth-order valence-corrected chi connectivity index (χ4v) is 4.40. The lowest BCUT2D eigenvalue weighted by Crippen LogP contribution is -2.26. The number of benzene rings is 1. The normalized spacial score (nSPS) is 11.2. The molecule has 4 rings (SSSR count). The van der Waals surface area contributed by atoms with E-state index in [1.165, 1.54) is 18.1 Å². The molecule has 1 amide bonds. The first-order chi connectivity index (χ1) is 12.8. The molecule has 26 heavy (non-hydrogen) atoms. The average molecular weight is 384 g/mol. The summed E-state index contributed by atoms with van der Waals surface area (Å²) >= 11 is 3.10. The van der Waals surface area contributed by atoms with Crippen LogP contribution in [0.2, 0.25) is 0 Å². The van der Waals surface area contributed by atoms with E-state index in [1.807, 2.05) is 30.5 Å². The predicted octanol–water partition coefficient (Wildman–Crippen LogP) is 2.58. The summed E-state index contributed by atoms with van der Waals surface area (Å²) < 4.78 is 3.73. The van der Waals surface area contributed by atoms with Crippen LogP contribution in [-0.2, 0) is 11.2 Å². The number of nitrogens with zero attached hydrogens (tertiary/aromatic N) is 5. The van der Waals surface area contributed by atoms with Gasteiger partial charge in [0.1, 0.15) is 6.33 Å². The van der Waals surface area contributed by atoms with Gasteiger partial charge in [-0.15, -0.1) is 11.3 Å². The number of carbonyl (C=O) groups excluding carboxylic acids is 1. The third-order valence-corrected chi connectivity index (χ3v) is 5.93. The van der Waals surface area contributed by atoms with Crippen LogP contribution in [0.15, 0.2) is 47.3 Å². The van der Waals surface area contributed by atoms with Gasteiger partial charge in [-0.1, -0.05) is 23.9 Å². The molecule has 0 bridgehead atoms. The molecule has 0 fully saturated rings. The number of thioether (sulfide) groups is 1. The predicted molar refractivity (Wildman–Crippen MR) is 102 cm³/mol. The number of thiazole rings is 1. The number of amides is 1. The number of carbonyl (C=O) groups is 1. The molecule has 4 aromatic rings. The van der Waals surface area contributed by atoms with Crippen LogP contribution in [0.3, 0.4) is 0 Å². The van der Waals surface area contributed by atoms with Crippen LogP contribution in [-0.4, -0.2) is 42.8 Å². The van der Waals surface area contributed by atoms with Crippen molar-refractivity contribution in [3.8, 4) is 0 Å². The van der Waals surface area contributed by atoms with Gasteiger partial charge >= 0.3 is 0 Å². The molecule has 7 nitrogen and oxygen atoms in total. The molecule has 1 N–H and O–H groups in total. The van der Waals surface area contributed by atoms with Crippen molar-refractivity contribution in [3.63, 3.8) is 0 Å². The number of rotatable bonds is 7. The molecule has 0 radical (unpaired) electrons. The quantitative estimate of drug-likeness (QED) is 0.389. The smallest absolute Gasteiger partial charge is 0.252 e. The van der Waals surface area contributed by atoms with Gasteiger partial charge in [-0.05, 0) is 30.5 Å². The fraction of sp³-hybridized carbons (Fsp3) is 0.235. The number of hydrogen-bond acceptors (Lipinski definition) is 7. The standard InChI is InChI=1S/C17H16N6OS2/c24-15(10-25-17-22-13-5-1-2-6-14(13)26-17)18-7-3-4-12-8-19-16-20-11-21-23(16)9-12/h1-2,5-6,8-9,11H,3-4,7,10H2,(H,18,24). The molecule has 0 saturated heterocycles. The SMILES string of the molecule is O=C(CSc1nc2ccccc2s1)NCCCc1cnc2ncnn2c1. The minimum atomic E-state index is 0.0270. The molecule has 0 aliphatic heterocycles. The van der Waals surface area contributed by atoms with E-state index < -0.39 is 0 Å². The number of para-hydroxylation sites is 1. The topological polar surface area (TPSA) is 85.1 Å². The monoisotopic (exact) mass is 384 g/mol. The van der Waals surface area contributed by atoms with E-state index in [-0.39, 0.29) is 5.91 Å². The van der Waals surface area contributed by atoms with Crippen LogP contribution in [0.25, 0.3) is 16.0 Å². The molecule has 0 atom stereocenters. The van der Waals surface area contributed by atoms with Gasteiger partial charge in [0.15, 0.2) is 4.34 Å². The lowest BCUT2D eigenvalue weighted by Gasteiger charge is -2.04. The van der Waals surface area contributed by atoms with Crippen LogP contribution >= 0.6 is 23.1 Å². The highest BCUT2D eigenvalue weighted by molar-refractivity contribution is 8.01. The Morgan fingerprint density at radius 2 is 2.19 bits per heavy atom. The first-order valence-electron chi connectivity index (χ1n) is 8.17. The second-order valence-electron chi connectivity index (χ2n) is 5.66. The van der Waals surface area contributed by atoms with Crippen molar-refractivity contribution in [3.05, 3.63) is 48.5 Å². The van der Waals surface area contributed by atoms with E-state index in [0.717, 1.165) is 33.0 Å². The van der Waals surface area contributed by atoms with Crippen LogP contribution in [0, 0.1) is 0 Å². The van der Waals surface area contributed by atoms with Gasteiger partial charge < -0.3 is 5.32 Å². The van der Waals surface area contributed by atoms with Gasteiger partial charge in [0.05, 0.1) is 16.0 Å². The third-order valence-electron chi connectivity index (χ3n) is 3.75. The van der Waals surface area contributed by atoms with Gasteiger partial charge in [0.25, 0.3) is 5.78 Å². The molecule has 0 aliphatic carbocycles. The van der Waals surface area contributed by atoms with Crippen molar-refractivity contribution in [2.45, 2.75) is 17.2 Å². The Morgan fingerprint density at radius 3 is 3.12 bits per heavy atom. The molecule has 3 heterocycles. The van der Waals surface area contributed by atoms with Crippen molar-refractivity contribution in [2.75, 3.05) is 12.3 Å². The second-order valence-corrected chi connectivity index (χ2v) is 7.91. The largest absolute Gasteiger partial charge is 0.355 e. The molecule has 0 aliphatic rings. The number of fused-ring (bicyclic) bond motifs is 2. The van der Waals surface area contributed by atoms with Crippen molar-refractivity contribution in [2.24, 2.45) is 0 Å². The van der Waals surface area contributed by atoms with Gasteiger partial charge in [-0.25, -0.2) is 14.5 Å². The van der Waals surface area contributed by atoms with E-state index in [4.69, 9.17) is 0 Å². The van der Waals surface area contributed by atoms with Crippen LogP contribution < -0.4 is 5.32 Å². The summed E-state index contributed by atoms with van der Waals surface area (Å²) in [7, 11) is 0. The van der Waals surface area contributed by atoms with Crippen LogP contribution in [0.1, 0.15) is 12.0 Å². The highest BCUT2D eigenvalue weighted by atomic mass is 32.2. The maximum atomic E-state index is 12.0. The zero-order valence-electron chi connectivity index (χ0n) is 13.8.